The smallest absolute Gasteiger partial charge is 0.0718 e. The summed E-state index contributed by atoms with van der Waals surface area (Å²) < 4.78 is 117. The van der Waals surface area contributed by atoms with Crippen molar-refractivity contribution >= 4 is 49.4 Å². The van der Waals surface area contributed by atoms with Gasteiger partial charge in [-0.15, -0.1) is 6.58 Å². The molecule has 22 heteroatoms. The van der Waals surface area contributed by atoms with Gasteiger partial charge >= 0.3 is 0 Å². The molecule has 0 saturated carbocycles. The molecule has 0 bridgehead atoms. The summed E-state index contributed by atoms with van der Waals surface area (Å²) in [5.74, 6) is 0. The average molecular weight is 1320 g/mol. The van der Waals surface area contributed by atoms with Gasteiger partial charge in [0.2, 0.25) is 0 Å². The van der Waals surface area contributed by atoms with E-state index in [1.807, 2.05) is 0 Å². The van der Waals surface area contributed by atoms with Gasteiger partial charge in [0.25, 0.3) is 0 Å². The summed E-state index contributed by atoms with van der Waals surface area (Å²) in [5, 5.41) is 7.59. The fourth-order valence-electron chi connectivity index (χ4n) is 9.31. The SMILES string of the molecule is C=CCOCCOCCOCCOCCOCCOCCOCCOCCOCCOCCOCCOCCOCCOCCOCCOCCOCCOCCOCCOCCOCc1ccc(N(c2ccccc2)c2ccc3ccc4cccc5ccc2c3c45)cc1. The lowest BCUT2D eigenvalue weighted by molar-refractivity contribution is -0.0316. The predicted molar refractivity (Wildman–Crippen MR) is 361 cm³/mol. The van der Waals surface area contributed by atoms with Crippen LogP contribution in [-0.4, -0.2) is 271 Å². The number of rotatable bonds is 67. The van der Waals surface area contributed by atoms with Crippen molar-refractivity contribution in [1.29, 1.82) is 0 Å². The van der Waals surface area contributed by atoms with Crippen molar-refractivity contribution in [3.63, 3.8) is 0 Å². The van der Waals surface area contributed by atoms with E-state index < -0.39 is 0 Å². The van der Waals surface area contributed by atoms with Gasteiger partial charge < -0.3 is 104 Å². The number of hydrogen-bond donors (Lipinski definition) is 0. The third kappa shape index (κ3) is 35.3. The Balaban J connectivity index is 0.578. The van der Waals surface area contributed by atoms with E-state index >= 15 is 0 Å². The molecular formula is C72H105NO21. The van der Waals surface area contributed by atoms with Gasteiger partial charge in [0.1, 0.15) is 0 Å². The van der Waals surface area contributed by atoms with Crippen molar-refractivity contribution < 1.29 is 99.5 Å². The summed E-state index contributed by atoms with van der Waals surface area (Å²) in [7, 11) is 0. The van der Waals surface area contributed by atoms with E-state index in [1.165, 1.54) is 32.3 Å². The first kappa shape index (κ1) is 78.1. The molecule has 0 aliphatic carbocycles. The van der Waals surface area contributed by atoms with Crippen LogP contribution in [0.5, 0.6) is 0 Å². The maximum absolute atomic E-state index is 5.96. The second kappa shape index (κ2) is 55.1. The first-order chi connectivity index (χ1) is 46.8. The molecule has 0 radical (unpaired) electrons. The second-order valence-corrected chi connectivity index (χ2v) is 20.8. The van der Waals surface area contributed by atoms with Gasteiger partial charge in [0, 0.05) is 16.8 Å². The Morgan fingerprint density at radius 1 is 0.234 bits per heavy atom. The monoisotopic (exact) mass is 1320 g/mol. The summed E-state index contributed by atoms with van der Waals surface area (Å²) in [6.07, 6.45) is 1.71. The Kier molecular flexibility index (Phi) is 45.8. The molecule has 6 aromatic rings. The van der Waals surface area contributed by atoms with E-state index in [1.54, 1.807) is 6.08 Å². The normalized spacial score (nSPS) is 11.8. The minimum absolute atomic E-state index is 0.484. The number of anilines is 3. The van der Waals surface area contributed by atoms with E-state index in [9.17, 15) is 0 Å². The quantitative estimate of drug-likeness (QED) is 0.0199. The van der Waals surface area contributed by atoms with Crippen molar-refractivity contribution in [3.05, 3.63) is 127 Å². The van der Waals surface area contributed by atoms with E-state index in [-0.39, 0.29) is 0 Å². The molecule has 0 aliphatic heterocycles. The lowest BCUT2D eigenvalue weighted by Crippen LogP contribution is -2.16. The zero-order chi connectivity index (χ0) is 65.3. The molecule has 94 heavy (non-hydrogen) atoms. The minimum atomic E-state index is 0.484. The van der Waals surface area contributed by atoms with Crippen molar-refractivity contribution in [1.82, 2.24) is 0 Å². The molecule has 0 saturated heterocycles. The molecular weight excluding hydrogens is 1210 g/mol. The highest BCUT2D eigenvalue weighted by Crippen LogP contribution is 2.43. The maximum atomic E-state index is 5.96. The third-order valence-corrected chi connectivity index (χ3v) is 13.9. The Labute approximate surface area is 556 Å². The molecule has 524 valence electrons. The largest absolute Gasteiger partial charge is 0.377 e. The highest BCUT2D eigenvalue weighted by molar-refractivity contribution is 6.25. The zero-order valence-electron chi connectivity index (χ0n) is 55.4. The molecule has 0 aliphatic rings. The van der Waals surface area contributed by atoms with Crippen LogP contribution in [0.3, 0.4) is 0 Å². The number of hydrogen-bond acceptors (Lipinski definition) is 22. The molecule has 0 fully saturated rings. The summed E-state index contributed by atoms with van der Waals surface area (Å²) in [6.45, 7) is 24.4. The summed E-state index contributed by atoms with van der Waals surface area (Å²) in [5.41, 5.74) is 4.43. The highest BCUT2D eigenvalue weighted by Gasteiger charge is 2.18. The lowest BCUT2D eigenvalue weighted by atomic mass is 9.93. The standard InChI is InChI=1S/C72H105NO21/c1-2-21-74-22-23-75-24-25-76-26-27-77-28-29-78-30-31-79-32-33-80-34-35-81-36-37-82-38-39-83-40-41-84-42-43-85-44-45-86-46-47-87-48-49-88-50-51-89-52-53-90-54-55-91-56-57-92-58-59-93-60-61-94-62-63-11-17-68(18-12-63)73(67-9-4-3-5-10-67)70-20-16-66-14-13-64-7-6-8-65-15-19-69(70)72(66)71(64)65/h2-20H,1,21-62H2. The van der Waals surface area contributed by atoms with Crippen LogP contribution in [0.1, 0.15) is 5.56 Å². The number of ether oxygens (including phenoxy) is 21. The van der Waals surface area contributed by atoms with Crippen LogP contribution < -0.4 is 4.90 Å². The van der Waals surface area contributed by atoms with E-state index in [4.69, 9.17) is 99.5 Å². The summed E-state index contributed by atoms with van der Waals surface area (Å²) in [4.78, 5) is 2.34. The number of para-hydroxylation sites is 1. The molecule has 0 spiro atoms. The Bertz CT molecular complexity index is 2680. The minimum Gasteiger partial charge on any atom is -0.377 e. The molecule has 0 aromatic heterocycles. The molecule has 0 amide bonds. The van der Waals surface area contributed by atoms with E-state index in [0.717, 1.165) is 22.6 Å². The fraction of sp³-hybridized carbons (Fsp3) is 0.583. The first-order valence-electron chi connectivity index (χ1n) is 33.2. The fourth-order valence-corrected chi connectivity index (χ4v) is 9.31. The van der Waals surface area contributed by atoms with Crippen molar-refractivity contribution in [3.8, 4) is 0 Å². The van der Waals surface area contributed by atoms with Crippen LogP contribution in [0.4, 0.5) is 17.1 Å². The predicted octanol–water partition coefficient (Wildman–Crippen LogP) is 9.09. The second-order valence-electron chi connectivity index (χ2n) is 20.8. The zero-order valence-corrected chi connectivity index (χ0v) is 55.4. The molecule has 0 atom stereocenters. The van der Waals surface area contributed by atoms with E-state index in [0.29, 0.717) is 277 Å². The van der Waals surface area contributed by atoms with Crippen LogP contribution in [0.15, 0.2) is 122 Å². The van der Waals surface area contributed by atoms with Gasteiger partial charge in [-0.3, -0.25) is 0 Å². The molecule has 0 heterocycles. The van der Waals surface area contributed by atoms with Crippen molar-refractivity contribution in [2.24, 2.45) is 0 Å². The summed E-state index contributed by atoms with van der Waals surface area (Å²) in [6, 6.07) is 39.1. The van der Waals surface area contributed by atoms with Crippen LogP contribution in [-0.2, 0) is 106 Å². The highest BCUT2D eigenvalue weighted by atomic mass is 16.6. The van der Waals surface area contributed by atoms with Gasteiger partial charge in [-0.1, -0.05) is 84.9 Å². The lowest BCUT2D eigenvalue weighted by Gasteiger charge is -2.28. The number of benzene rings is 6. The maximum Gasteiger partial charge on any atom is 0.0718 e. The van der Waals surface area contributed by atoms with E-state index in [2.05, 4.69) is 121 Å². The Morgan fingerprint density at radius 2 is 0.500 bits per heavy atom. The number of nitrogens with zero attached hydrogens (tertiary/aromatic N) is 1. The van der Waals surface area contributed by atoms with Crippen molar-refractivity contribution in [2.45, 2.75) is 6.61 Å². The van der Waals surface area contributed by atoms with Crippen LogP contribution in [0, 0.1) is 0 Å². The van der Waals surface area contributed by atoms with Crippen LogP contribution >= 0.6 is 0 Å². The van der Waals surface area contributed by atoms with Crippen LogP contribution in [0.25, 0.3) is 32.3 Å². The van der Waals surface area contributed by atoms with Gasteiger partial charge in [-0.25, -0.2) is 0 Å². The average Bonchev–Trinajstić information content (AvgIpc) is 0.738. The molecule has 0 N–H and O–H groups in total. The third-order valence-electron chi connectivity index (χ3n) is 13.9. The first-order valence-corrected chi connectivity index (χ1v) is 33.2. The van der Waals surface area contributed by atoms with Gasteiger partial charge in [-0.05, 0) is 62.8 Å². The van der Waals surface area contributed by atoms with Gasteiger partial charge in [-0.2, -0.15) is 0 Å². The Hall–Kier alpha value is -4.94. The van der Waals surface area contributed by atoms with Crippen LogP contribution in [0.2, 0.25) is 0 Å². The topological polar surface area (TPSA) is 197 Å². The molecule has 6 rings (SSSR count). The molecule has 0 unspecified atom stereocenters. The van der Waals surface area contributed by atoms with Crippen molar-refractivity contribution in [2.75, 3.05) is 276 Å². The van der Waals surface area contributed by atoms with Gasteiger partial charge in [0.05, 0.1) is 283 Å². The Morgan fingerprint density at radius 3 is 0.819 bits per heavy atom. The summed E-state index contributed by atoms with van der Waals surface area (Å²) >= 11 is 0. The molecule has 6 aromatic carbocycles. The van der Waals surface area contributed by atoms with Gasteiger partial charge in [0.15, 0.2) is 0 Å². The molecule has 22 nitrogen and oxygen atoms in total.